The van der Waals surface area contributed by atoms with E-state index in [9.17, 15) is 0 Å². The van der Waals surface area contributed by atoms with Crippen LogP contribution in [0.2, 0.25) is 0 Å². The van der Waals surface area contributed by atoms with Gasteiger partial charge in [-0.05, 0) is 24.3 Å². The third-order valence-electron chi connectivity index (χ3n) is 2.66. The summed E-state index contributed by atoms with van der Waals surface area (Å²) in [4.78, 5) is 4.37. The zero-order valence-electron chi connectivity index (χ0n) is 10.6. The average molecular weight is 247 g/mol. The molecule has 2 aromatic rings. The van der Waals surface area contributed by atoms with Crippen molar-refractivity contribution in [2.45, 2.75) is 13.2 Å². The Kier molecular flexibility index (Phi) is 3.84. The van der Waals surface area contributed by atoms with Crippen LogP contribution in [-0.4, -0.2) is 16.7 Å². The van der Waals surface area contributed by atoms with E-state index >= 15 is 0 Å². The number of benzene rings is 1. The minimum Gasteiger partial charge on any atom is -0.497 e. The van der Waals surface area contributed by atoms with Crippen LogP contribution in [0, 0.1) is 0 Å². The van der Waals surface area contributed by atoms with Gasteiger partial charge in [-0.15, -0.1) is 0 Å². The average Bonchev–Trinajstić information content (AvgIpc) is 2.77. The van der Waals surface area contributed by atoms with Crippen molar-refractivity contribution in [3.05, 3.63) is 42.0 Å². The van der Waals surface area contributed by atoms with Gasteiger partial charge in [0, 0.05) is 19.8 Å². The predicted molar refractivity (Wildman–Crippen MR) is 68.4 cm³/mol. The number of nitrogens with zero attached hydrogens (tertiary/aromatic N) is 2. The number of hydrogen-bond donors (Lipinski definition) is 1. The fraction of sp³-hybridized carbons (Fsp3) is 0.308. The summed E-state index contributed by atoms with van der Waals surface area (Å²) in [5, 5.41) is 0. The molecule has 2 N–H and O–H groups in total. The van der Waals surface area contributed by atoms with Crippen molar-refractivity contribution in [3.63, 3.8) is 0 Å². The lowest BCUT2D eigenvalue weighted by Crippen LogP contribution is -2.03. The van der Waals surface area contributed by atoms with Crippen molar-refractivity contribution < 1.29 is 9.47 Å². The molecule has 0 aliphatic rings. The van der Waals surface area contributed by atoms with Crippen molar-refractivity contribution >= 4 is 0 Å². The normalized spacial score (nSPS) is 10.4. The molecule has 1 aromatic heterocycles. The number of rotatable bonds is 5. The molecule has 0 saturated carbocycles. The minimum atomic E-state index is 0.419. The zero-order valence-corrected chi connectivity index (χ0v) is 10.6. The summed E-state index contributed by atoms with van der Waals surface area (Å²) in [6, 6.07) is 7.45. The lowest BCUT2D eigenvalue weighted by molar-refractivity contribution is 0.291. The lowest BCUT2D eigenvalue weighted by atomic mass is 10.3. The first-order valence-corrected chi connectivity index (χ1v) is 5.71. The largest absolute Gasteiger partial charge is 0.497 e. The number of aryl methyl sites for hydroxylation is 1. The Morgan fingerprint density at radius 2 is 1.89 bits per heavy atom. The van der Waals surface area contributed by atoms with E-state index in [1.165, 1.54) is 0 Å². The Bertz CT molecular complexity index is 505. The smallest absolute Gasteiger partial charge is 0.146 e. The number of imidazole rings is 1. The molecule has 0 saturated heterocycles. The van der Waals surface area contributed by atoms with E-state index in [0.29, 0.717) is 13.2 Å². The molecule has 0 atom stereocenters. The van der Waals surface area contributed by atoms with Crippen LogP contribution in [0.5, 0.6) is 11.5 Å². The summed E-state index contributed by atoms with van der Waals surface area (Å²) >= 11 is 0. The van der Waals surface area contributed by atoms with Gasteiger partial charge in [0.2, 0.25) is 0 Å². The lowest BCUT2D eigenvalue weighted by Gasteiger charge is -2.06. The van der Waals surface area contributed by atoms with Crippen LogP contribution in [0.3, 0.4) is 0 Å². The van der Waals surface area contributed by atoms with Gasteiger partial charge < -0.3 is 19.8 Å². The number of ether oxygens (including phenoxy) is 2. The van der Waals surface area contributed by atoms with Crippen LogP contribution in [0.25, 0.3) is 0 Å². The van der Waals surface area contributed by atoms with E-state index in [1.807, 2.05) is 42.1 Å². The van der Waals surface area contributed by atoms with E-state index < -0.39 is 0 Å². The monoisotopic (exact) mass is 247 g/mol. The molecule has 0 bridgehead atoms. The molecule has 5 heteroatoms. The van der Waals surface area contributed by atoms with Crippen molar-refractivity contribution in [1.29, 1.82) is 0 Å². The van der Waals surface area contributed by atoms with Gasteiger partial charge in [0.15, 0.2) is 0 Å². The van der Waals surface area contributed by atoms with Crippen LogP contribution in [0.1, 0.15) is 11.5 Å². The maximum Gasteiger partial charge on any atom is 0.146 e. The van der Waals surface area contributed by atoms with Gasteiger partial charge in [-0.3, -0.25) is 0 Å². The molecule has 2 rings (SSSR count). The van der Waals surface area contributed by atoms with E-state index in [-0.39, 0.29) is 0 Å². The molecule has 96 valence electrons. The molecule has 0 aliphatic heterocycles. The number of methoxy groups -OCH3 is 1. The predicted octanol–water partition coefficient (Wildman–Crippen LogP) is 1.47. The maximum atomic E-state index is 5.65. The summed E-state index contributed by atoms with van der Waals surface area (Å²) in [5.41, 5.74) is 6.41. The summed E-state index contributed by atoms with van der Waals surface area (Å²) in [5.74, 6) is 2.45. The van der Waals surface area contributed by atoms with Crippen molar-refractivity contribution in [1.82, 2.24) is 9.55 Å². The van der Waals surface area contributed by atoms with Crippen LogP contribution < -0.4 is 15.2 Å². The van der Waals surface area contributed by atoms with Gasteiger partial charge in [-0.1, -0.05) is 0 Å². The Hall–Kier alpha value is -2.01. The third kappa shape index (κ3) is 2.81. The first kappa shape index (κ1) is 12.4. The van der Waals surface area contributed by atoms with Gasteiger partial charge in [0.25, 0.3) is 0 Å². The van der Waals surface area contributed by atoms with Gasteiger partial charge in [-0.2, -0.15) is 0 Å². The summed E-state index contributed by atoms with van der Waals surface area (Å²) in [7, 11) is 3.57. The molecule has 0 radical (unpaired) electrons. The summed E-state index contributed by atoms with van der Waals surface area (Å²) in [6.45, 7) is 0.860. The highest BCUT2D eigenvalue weighted by molar-refractivity contribution is 5.31. The molecule has 18 heavy (non-hydrogen) atoms. The molecular formula is C13H17N3O2. The molecule has 1 heterocycles. The summed E-state index contributed by atoms with van der Waals surface area (Å²) < 4.78 is 12.7. The second-order valence-corrected chi connectivity index (χ2v) is 3.93. The Morgan fingerprint density at radius 1 is 1.22 bits per heavy atom. The Morgan fingerprint density at radius 3 is 2.44 bits per heavy atom. The molecule has 0 spiro atoms. The standard InChI is InChI=1S/C13H17N3O2/c1-16-8-10(7-14)15-13(16)9-18-12-5-3-11(17-2)4-6-12/h3-6,8H,7,9,14H2,1-2H3. The third-order valence-corrected chi connectivity index (χ3v) is 2.66. The highest BCUT2D eigenvalue weighted by Gasteiger charge is 2.05. The minimum absolute atomic E-state index is 0.419. The molecule has 0 fully saturated rings. The molecule has 0 unspecified atom stereocenters. The molecule has 1 aromatic carbocycles. The molecule has 0 aliphatic carbocycles. The first-order valence-electron chi connectivity index (χ1n) is 5.71. The van der Waals surface area contributed by atoms with Crippen LogP contribution >= 0.6 is 0 Å². The topological polar surface area (TPSA) is 62.3 Å². The van der Waals surface area contributed by atoms with Crippen molar-refractivity contribution in [2.75, 3.05) is 7.11 Å². The molecule has 0 amide bonds. The number of hydrogen-bond acceptors (Lipinski definition) is 4. The molecule has 5 nitrogen and oxygen atoms in total. The molecular weight excluding hydrogens is 230 g/mol. The van der Waals surface area contributed by atoms with E-state index in [0.717, 1.165) is 23.0 Å². The Labute approximate surface area is 106 Å². The van der Waals surface area contributed by atoms with Crippen LogP contribution in [0.4, 0.5) is 0 Å². The summed E-state index contributed by atoms with van der Waals surface area (Å²) in [6.07, 6.45) is 1.91. The first-order chi connectivity index (χ1) is 8.72. The van der Waals surface area contributed by atoms with Crippen LogP contribution in [-0.2, 0) is 20.2 Å². The van der Waals surface area contributed by atoms with Crippen molar-refractivity contribution in [2.24, 2.45) is 12.8 Å². The van der Waals surface area contributed by atoms with Crippen LogP contribution in [0.15, 0.2) is 30.5 Å². The van der Waals surface area contributed by atoms with E-state index in [1.54, 1.807) is 7.11 Å². The van der Waals surface area contributed by atoms with Gasteiger partial charge >= 0.3 is 0 Å². The maximum absolute atomic E-state index is 5.65. The highest BCUT2D eigenvalue weighted by Crippen LogP contribution is 2.18. The van der Waals surface area contributed by atoms with Crippen molar-refractivity contribution in [3.8, 4) is 11.5 Å². The van der Waals surface area contributed by atoms with Gasteiger partial charge in [0.05, 0.1) is 12.8 Å². The van der Waals surface area contributed by atoms with E-state index in [2.05, 4.69) is 4.98 Å². The number of aromatic nitrogens is 2. The fourth-order valence-corrected chi connectivity index (χ4v) is 1.62. The number of nitrogens with two attached hydrogens (primary N) is 1. The fourth-order valence-electron chi connectivity index (χ4n) is 1.62. The zero-order chi connectivity index (χ0) is 13.0. The second kappa shape index (κ2) is 5.55. The van der Waals surface area contributed by atoms with E-state index in [4.69, 9.17) is 15.2 Å². The quantitative estimate of drug-likeness (QED) is 0.869. The Balaban J connectivity index is 1.99. The SMILES string of the molecule is COc1ccc(OCc2nc(CN)cn2C)cc1. The second-order valence-electron chi connectivity index (χ2n) is 3.93. The van der Waals surface area contributed by atoms with Gasteiger partial charge in [0.1, 0.15) is 23.9 Å². The van der Waals surface area contributed by atoms with Gasteiger partial charge in [-0.25, -0.2) is 4.98 Å². The highest BCUT2D eigenvalue weighted by atomic mass is 16.5.